The number of rotatable bonds is 1. The number of aryl methyl sites for hydroxylation is 4. The van der Waals surface area contributed by atoms with E-state index >= 15 is 0 Å². The molecule has 0 aliphatic carbocycles. The molecule has 0 saturated carbocycles. The van der Waals surface area contributed by atoms with Crippen LogP contribution < -0.4 is 0 Å². The number of allylic oxidation sites excluding steroid dienone is 4. The van der Waals surface area contributed by atoms with Gasteiger partial charge < -0.3 is 9.97 Å². The summed E-state index contributed by atoms with van der Waals surface area (Å²) in [5.41, 5.74) is 20.4. The number of aromatic amines is 2. The van der Waals surface area contributed by atoms with Crippen molar-refractivity contribution in [2.75, 3.05) is 0 Å². The zero-order chi connectivity index (χ0) is 26.9. The second kappa shape index (κ2) is 8.70. The van der Waals surface area contributed by atoms with Crippen molar-refractivity contribution in [2.45, 2.75) is 55.4 Å². The Kier molecular flexibility index (Phi) is 5.53. The van der Waals surface area contributed by atoms with E-state index in [1.165, 1.54) is 44.5 Å². The summed E-state index contributed by atoms with van der Waals surface area (Å²) in [7, 11) is 0. The third-order valence-electron chi connectivity index (χ3n) is 8.73. The number of hydrogen-bond donors (Lipinski definition) is 2. The Labute approximate surface area is 224 Å². The molecule has 0 radical (unpaired) electrons. The number of benzene rings is 1. The summed E-state index contributed by atoms with van der Waals surface area (Å²) < 4.78 is 0. The smallest absolute Gasteiger partial charge is 0.0769 e. The minimum atomic E-state index is 0.996. The van der Waals surface area contributed by atoms with Crippen molar-refractivity contribution in [3.63, 3.8) is 0 Å². The first-order chi connectivity index (χ1) is 18.2. The highest BCUT2D eigenvalue weighted by atomic mass is 14.8. The van der Waals surface area contributed by atoms with Gasteiger partial charge in [-0.05, 0) is 124 Å². The highest BCUT2D eigenvalue weighted by Gasteiger charge is 2.24. The fraction of sp³-hybridized carbons (Fsp3) is 0.235. The van der Waals surface area contributed by atoms with Gasteiger partial charge in [-0.1, -0.05) is 30.3 Å². The van der Waals surface area contributed by atoms with Gasteiger partial charge in [0.25, 0.3) is 0 Å². The normalized spacial score (nSPS) is 13.6. The SMILES string of the molecule is CC1=C(C)c2nc1cc1[nH]c(cc3[nH]c(cc4nc(c2-c2ccccc2)C(C)=C4C)c(C)c3C)c(C)c1C. The average Bonchev–Trinajstić information content (AvgIpc) is 3.54. The minimum absolute atomic E-state index is 0.996. The summed E-state index contributed by atoms with van der Waals surface area (Å²) in [5, 5.41) is 0. The molecule has 8 bridgehead atoms. The predicted octanol–water partition coefficient (Wildman–Crippen LogP) is 9.12. The van der Waals surface area contributed by atoms with Crippen LogP contribution >= 0.6 is 0 Å². The fourth-order valence-corrected chi connectivity index (χ4v) is 5.54. The molecule has 2 aliphatic rings. The van der Waals surface area contributed by atoms with E-state index in [0.717, 1.165) is 56.0 Å². The van der Waals surface area contributed by atoms with Crippen molar-refractivity contribution >= 4 is 44.4 Å². The van der Waals surface area contributed by atoms with Crippen LogP contribution in [0.4, 0.5) is 0 Å². The van der Waals surface area contributed by atoms with Gasteiger partial charge in [-0.2, -0.15) is 0 Å². The van der Waals surface area contributed by atoms with Crippen LogP contribution in [-0.2, 0) is 0 Å². The van der Waals surface area contributed by atoms with Crippen LogP contribution in [0, 0.1) is 27.7 Å². The monoisotopic (exact) mass is 498 g/mol. The molecule has 4 heteroatoms. The van der Waals surface area contributed by atoms with Gasteiger partial charge in [-0.25, -0.2) is 9.97 Å². The molecule has 1 aromatic carbocycles. The zero-order valence-electron chi connectivity index (χ0n) is 23.5. The van der Waals surface area contributed by atoms with Crippen LogP contribution in [0.1, 0.15) is 72.7 Å². The van der Waals surface area contributed by atoms with E-state index in [4.69, 9.17) is 9.97 Å². The maximum Gasteiger partial charge on any atom is 0.0769 e. The van der Waals surface area contributed by atoms with E-state index in [9.17, 15) is 0 Å². The maximum atomic E-state index is 5.27. The molecule has 4 aromatic rings. The molecule has 6 rings (SSSR count). The molecule has 3 aromatic heterocycles. The summed E-state index contributed by atoms with van der Waals surface area (Å²) in [6.07, 6.45) is 0. The Bertz CT molecular complexity index is 1760. The highest BCUT2D eigenvalue weighted by Crippen LogP contribution is 2.41. The van der Waals surface area contributed by atoms with E-state index in [2.05, 4.69) is 114 Å². The lowest BCUT2D eigenvalue weighted by molar-refractivity contribution is 1.25. The number of fused-ring (bicyclic) bond motifs is 8. The van der Waals surface area contributed by atoms with Crippen molar-refractivity contribution in [2.24, 2.45) is 0 Å². The highest BCUT2D eigenvalue weighted by molar-refractivity contribution is 6.01. The lowest BCUT2D eigenvalue weighted by Gasteiger charge is -2.09. The van der Waals surface area contributed by atoms with Crippen LogP contribution in [0.25, 0.3) is 55.5 Å². The molecule has 0 saturated heterocycles. The van der Waals surface area contributed by atoms with Gasteiger partial charge in [-0.15, -0.1) is 0 Å². The van der Waals surface area contributed by atoms with Crippen molar-refractivity contribution in [1.82, 2.24) is 19.9 Å². The van der Waals surface area contributed by atoms with E-state index < -0.39 is 0 Å². The van der Waals surface area contributed by atoms with Crippen LogP contribution in [0.15, 0.2) is 48.5 Å². The predicted molar refractivity (Wildman–Crippen MR) is 162 cm³/mol. The minimum Gasteiger partial charge on any atom is -0.355 e. The number of aromatic nitrogens is 4. The summed E-state index contributed by atoms with van der Waals surface area (Å²) in [5.74, 6) is 0. The third-order valence-corrected chi connectivity index (χ3v) is 8.73. The fourth-order valence-electron chi connectivity index (χ4n) is 5.54. The molecule has 0 amide bonds. The lowest BCUT2D eigenvalue weighted by atomic mass is 9.95. The van der Waals surface area contributed by atoms with Crippen molar-refractivity contribution in [3.05, 3.63) is 93.6 Å². The first-order valence-electron chi connectivity index (χ1n) is 13.3. The van der Waals surface area contributed by atoms with Crippen molar-refractivity contribution in [1.29, 1.82) is 0 Å². The molecular formula is C34H34N4. The van der Waals surface area contributed by atoms with E-state index in [1.807, 2.05) is 0 Å². The van der Waals surface area contributed by atoms with Crippen LogP contribution in [0.2, 0.25) is 0 Å². The van der Waals surface area contributed by atoms with Gasteiger partial charge >= 0.3 is 0 Å². The van der Waals surface area contributed by atoms with Gasteiger partial charge in [0.05, 0.1) is 22.8 Å². The number of hydrogen-bond acceptors (Lipinski definition) is 2. The summed E-state index contributed by atoms with van der Waals surface area (Å²) >= 11 is 0. The molecule has 0 unspecified atom stereocenters. The van der Waals surface area contributed by atoms with Gasteiger partial charge in [-0.3, -0.25) is 0 Å². The van der Waals surface area contributed by atoms with Gasteiger partial charge in [0.2, 0.25) is 0 Å². The Balaban J connectivity index is 1.87. The molecular weight excluding hydrogens is 464 g/mol. The Morgan fingerprint density at radius 3 is 1.29 bits per heavy atom. The quantitative estimate of drug-likeness (QED) is 0.275. The largest absolute Gasteiger partial charge is 0.355 e. The second-order valence-electron chi connectivity index (χ2n) is 10.8. The Morgan fingerprint density at radius 1 is 0.474 bits per heavy atom. The zero-order valence-corrected chi connectivity index (χ0v) is 23.5. The molecule has 38 heavy (non-hydrogen) atoms. The molecule has 190 valence electrons. The summed E-state index contributed by atoms with van der Waals surface area (Å²) in [6, 6.07) is 17.2. The summed E-state index contributed by atoms with van der Waals surface area (Å²) in [6.45, 7) is 17.5. The van der Waals surface area contributed by atoms with E-state index in [0.29, 0.717) is 0 Å². The standard InChI is InChI=1S/C34H34N4/c1-17-19(3)28-15-30-21(5)23(7)33(37-30)32(25-12-10-9-11-13-25)34-24(8)22(6)31(38-34)16-29-20(4)18(2)27(36-29)14-26(17)35-28/h9-16,35-36H,1-8H3. The molecule has 2 N–H and O–H groups in total. The molecule has 4 nitrogen and oxygen atoms in total. The Hall–Kier alpha value is -4.18. The average molecular weight is 499 g/mol. The molecule has 2 aliphatic heterocycles. The van der Waals surface area contributed by atoms with Gasteiger partial charge in [0.15, 0.2) is 0 Å². The first kappa shape index (κ1) is 24.2. The Morgan fingerprint density at radius 2 is 0.868 bits per heavy atom. The first-order valence-corrected chi connectivity index (χ1v) is 13.3. The maximum absolute atomic E-state index is 5.27. The van der Waals surface area contributed by atoms with Gasteiger partial charge in [0, 0.05) is 27.6 Å². The molecule has 0 atom stereocenters. The topological polar surface area (TPSA) is 57.4 Å². The van der Waals surface area contributed by atoms with E-state index in [-0.39, 0.29) is 0 Å². The van der Waals surface area contributed by atoms with Crippen LogP contribution in [0.5, 0.6) is 0 Å². The second-order valence-corrected chi connectivity index (χ2v) is 10.8. The van der Waals surface area contributed by atoms with Crippen molar-refractivity contribution < 1.29 is 0 Å². The third kappa shape index (κ3) is 3.59. The molecule has 5 heterocycles. The molecule has 0 spiro atoms. The number of nitrogens with zero attached hydrogens (tertiary/aromatic N) is 2. The molecule has 0 fully saturated rings. The van der Waals surface area contributed by atoms with Crippen LogP contribution in [0.3, 0.4) is 0 Å². The number of H-pyrrole nitrogens is 2. The van der Waals surface area contributed by atoms with Crippen LogP contribution in [-0.4, -0.2) is 19.9 Å². The number of nitrogens with one attached hydrogen (secondary N) is 2. The summed E-state index contributed by atoms with van der Waals surface area (Å²) in [4.78, 5) is 17.9. The van der Waals surface area contributed by atoms with Crippen molar-refractivity contribution in [3.8, 4) is 11.1 Å². The lowest BCUT2D eigenvalue weighted by Crippen LogP contribution is -1.92. The van der Waals surface area contributed by atoms with Gasteiger partial charge in [0.1, 0.15) is 0 Å². The van der Waals surface area contributed by atoms with E-state index in [1.54, 1.807) is 0 Å².